The Hall–Kier alpha value is -1.90. The van der Waals surface area contributed by atoms with E-state index >= 15 is 0 Å². The number of hydrogen-bond acceptors (Lipinski definition) is 3. The van der Waals surface area contributed by atoms with Crippen molar-refractivity contribution in [3.63, 3.8) is 0 Å². The molecule has 0 aromatic rings. The molecule has 0 unspecified atom stereocenters. The van der Waals surface area contributed by atoms with E-state index in [2.05, 4.69) is 6.92 Å². The molecule has 0 fully saturated rings. The SMILES string of the molecule is CC1=CC=C(CC(=O)OCC(=O)C2=CCCC=C2)CC1. The van der Waals surface area contributed by atoms with Gasteiger partial charge in [0, 0.05) is 5.57 Å². The van der Waals surface area contributed by atoms with E-state index in [1.54, 1.807) is 6.08 Å². The average molecular weight is 272 g/mol. The van der Waals surface area contributed by atoms with Crippen LogP contribution in [0.2, 0.25) is 0 Å². The molecule has 0 saturated heterocycles. The number of hydrogen-bond donors (Lipinski definition) is 0. The minimum absolute atomic E-state index is 0.123. The van der Waals surface area contributed by atoms with Gasteiger partial charge in [-0.1, -0.05) is 41.5 Å². The van der Waals surface area contributed by atoms with Gasteiger partial charge in [0.05, 0.1) is 6.42 Å². The Bertz CT molecular complexity index is 518. The predicted molar refractivity (Wildman–Crippen MR) is 78.1 cm³/mol. The molecule has 0 heterocycles. The van der Waals surface area contributed by atoms with Crippen LogP contribution in [0, 0.1) is 0 Å². The Balaban J connectivity index is 1.76. The molecule has 2 aliphatic rings. The van der Waals surface area contributed by atoms with Gasteiger partial charge in [0.15, 0.2) is 12.4 Å². The van der Waals surface area contributed by atoms with E-state index < -0.39 is 0 Å². The summed E-state index contributed by atoms with van der Waals surface area (Å²) in [6.45, 7) is 1.92. The van der Waals surface area contributed by atoms with Crippen LogP contribution in [-0.2, 0) is 14.3 Å². The van der Waals surface area contributed by atoms with Gasteiger partial charge in [0.2, 0.25) is 0 Å². The van der Waals surface area contributed by atoms with Gasteiger partial charge in [0.25, 0.3) is 0 Å². The number of carbonyl (C=O) groups excluding carboxylic acids is 2. The van der Waals surface area contributed by atoms with Crippen molar-refractivity contribution < 1.29 is 14.3 Å². The fourth-order valence-electron chi connectivity index (χ4n) is 2.22. The van der Waals surface area contributed by atoms with Crippen LogP contribution in [0.15, 0.2) is 47.1 Å². The zero-order chi connectivity index (χ0) is 14.4. The number of allylic oxidation sites excluding steroid dienone is 6. The second-order valence-electron chi connectivity index (χ2n) is 5.24. The van der Waals surface area contributed by atoms with Crippen molar-refractivity contribution in [3.8, 4) is 0 Å². The highest BCUT2D eigenvalue weighted by Crippen LogP contribution is 2.20. The molecule has 0 bridgehead atoms. The fraction of sp³-hybridized carbons (Fsp3) is 0.412. The number of esters is 1. The lowest BCUT2D eigenvalue weighted by atomic mass is 9.97. The van der Waals surface area contributed by atoms with Gasteiger partial charge in [-0.25, -0.2) is 0 Å². The summed E-state index contributed by atoms with van der Waals surface area (Å²) in [4.78, 5) is 23.5. The molecule has 0 aliphatic heterocycles. The van der Waals surface area contributed by atoms with Gasteiger partial charge in [-0.3, -0.25) is 9.59 Å². The standard InChI is InChI=1S/C17H20O3/c1-13-7-9-14(10-8-13)11-17(19)20-12-16(18)15-5-3-2-4-6-15/h3,5-7,9H,2,4,8,10-12H2,1H3. The number of ether oxygens (including phenoxy) is 1. The largest absolute Gasteiger partial charge is 0.457 e. The van der Waals surface area contributed by atoms with Crippen LogP contribution in [0.5, 0.6) is 0 Å². The van der Waals surface area contributed by atoms with Crippen molar-refractivity contribution in [2.24, 2.45) is 0 Å². The summed E-state index contributed by atoms with van der Waals surface area (Å²) in [5, 5.41) is 0. The summed E-state index contributed by atoms with van der Waals surface area (Å²) in [6, 6.07) is 0. The first-order valence-electron chi connectivity index (χ1n) is 7.06. The average Bonchev–Trinajstić information content (AvgIpc) is 2.48. The van der Waals surface area contributed by atoms with Gasteiger partial charge >= 0.3 is 5.97 Å². The lowest BCUT2D eigenvalue weighted by molar-refractivity contribution is -0.146. The summed E-state index contributed by atoms with van der Waals surface area (Å²) in [6.07, 6.45) is 13.7. The fourth-order valence-corrected chi connectivity index (χ4v) is 2.22. The van der Waals surface area contributed by atoms with E-state index in [1.807, 2.05) is 24.3 Å². The highest BCUT2D eigenvalue weighted by atomic mass is 16.5. The molecule has 0 atom stereocenters. The topological polar surface area (TPSA) is 43.4 Å². The van der Waals surface area contributed by atoms with E-state index in [9.17, 15) is 9.59 Å². The quantitative estimate of drug-likeness (QED) is 0.720. The smallest absolute Gasteiger partial charge is 0.310 e. The van der Waals surface area contributed by atoms with Crippen molar-refractivity contribution in [1.82, 2.24) is 0 Å². The maximum absolute atomic E-state index is 11.8. The third kappa shape index (κ3) is 4.34. The summed E-state index contributed by atoms with van der Waals surface area (Å²) in [7, 11) is 0. The molecule has 20 heavy (non-hydrogen) atoms. The molecule has 0 radical (unpaired) electrons. The molecular weight excluding hydrogens is 252 g/mol. The number of ketones is 1. The maximum Gasteiger partial charge on any atom is 0.310 e. The van der Waals surface area contributed by atoms with Crippen LogP contribution in [0.1, 0.15) is 39.0 Å². The zero-order valence-electron chi connectivity index (χ0n) is 11.9. The molecule has 0 N–H and O–H groups in total. The van der Waals surface area contributed by atoms with E-state index in [1.165, 1.54) is 5.57 Å². The van der Waals surface area contributed by atoms with E-state index in [0.29, 0.717) is 5.57 Å². The second-order valence-corrected chi connectivity index (χ2v) is 5.24. The number of rotatable bonds is 5. The van der Waals surface area contributed by atoms with Gasteiger partial charge in [-0.05, 0) is 32.6 Å². The third-order valence-electron chi connectivity index (χ3n) is 3.50. The van der Waals surface area contributed by atoms with Crippen molar-refractivity contribution in [3.05, 3.63) is 47.1 Å². The first-order chi connectivity index (χ1) is 9.65. The number of carbonyl (C=O) groups is 2. The Morgan fingerprint density at radius 1 is 1.20 bits per heavy atom. The van der Waals surface area contributed by atoms with Gasteiger partial charge < -0.3 is 4.74 Å². The predicted octanol–water partition coefficient (Wildman–Crippen LogP) is 3.43. The minimum atomic E-state index is -0.321. The maximum atomic E-state index is 11.8. The number of Topliss-reactive ketones (excluding diaryl/α,β-unsaturated/α-hetero) is 1. The second kappa shape index (κ2) is 7.04. The normalized spacial score (nSPS) is 17.9. The first-order valence-corrected chi connectivity index (χ1v) is 7.06. The molecule has 106 valence electrons. The van der Waals surface area contributed by atoms with Crippen LogP contribution < -0.4 is 0 Å². The van der Waals surface area contributed by atoms with Crippen LogP contribution >= 0.6 is 0 Å². The Morgan fingerprint density at radius 3 is 2.70 bits per heavy atom. The summed E-state index contributed by atoms with van der Waals surface area (Å²) in [5.74, 6) is -0.444. The molecule has 2 rings (SSSR count). The van der Waals surface area contributed by atoms with Gasteiger partial charge in [-0.2, -0.15) is 0 Å². The van der Waals surface area contributed by atoms with Crippen LogP contribution in [0.25, 0.3) is 0 Å². The van der Waals surface area contributed by atoms with Gasteiger partial charge in [-0.15, -0.1) is 0 Å². The lowest BCUT2D eigenvalue weighted by Crippen LogP contribution is -2.16. The van der Waals surface area contributed by atoms with E-state index in [-0.39, 0.29) is 24.8 Å². The minimum Gasteiger partial charge on any atom is -0.457 e. The summed E-state index contributed by atoms with van der Waals surface area (Å²) < 4.78 is 5.06. The summed E-state index contributed by atoms with van der Waals surface area (Å²) in [5.41, 5.74) is 3.05. The Morgan fingerprint density at radius 2 is 2.05 bits per heavy atom. The van der Waals surface area contributed by atoms with E-state index in [0.717, 1.165) is 31.3 Å². The van der Waals surface area contributed by atoms with Crippen molar-refractivity contribution in [1.29, 1.82) is 0 Å². The molecule has 3 heteroatoms. The molecule has 0 saturated carbocycles. The van der Waals surface area contributed by atoms with Gasteiger partial charge in [0.1, 0.15) is 0 Å². The molecule has 0 spiro atoms. The van der Waals surface area contributed by atoms with Crippen LogP contribution in [0.4, 0.5) is 0 Å². The van der Waals surface area contributed by atoms with Crippen molar-refractivity contribution >= 4 is 11.8 Å². The summed E-state index contributed by atoms with van der Waals surface area (Å²) >= 11 is 0. The lowest BCUT2D eigenvalue weighted by Gasteiger charge is -2.12. The highest BCUT2D eigenvalue weighted by Gasteiger charge is 2.14. The third-order valence-corrected chi connectivity index (χ3v) is 3.50. The molecule has 3 nitrogen and oxygen atoms in total. The monoisotopic (exact) mass is 272 g/mol. The van der Waals surface area contributed by atoms with Crippen LogP contribution in [0.3, 0.4) is 0 Å². The Kier molecular flexibility index (Phi) is 5.10. The molecular formula is C17H20O3. The highest BCUT2D eigenvalue weighted by molar-refractivity contribution is 5.99. The zero-order valence-corrected chi connectivity index (χ0v) is 11.9. The van der Waals surface area contributed by atoms with E-state index in [4.69, 9.17) is 4.74 Å². The molecule has 0 amide bonds. The van der Waals surface area contributed by atoms with Crippen molar-refractivity contribution in [2.45, 2.75) is 39.0 Å². The molecule has 0 aromatic heterocycles. The molecule has 2 aliphatic carbocycles. The van der Waals surface area contributed by atoms with Crippen LogP contribution in [-0.4, -0.2) is 18.4 Å². The Labute approximate surface area is 119 Å². The van der Waals surface area contributed by atoms with Crippen molar-refractivity contribution in [2.75, 3.05) is 6.61 Å². The molecule has 0 aromatic carbocycles. The first kappa shape index (κ1) is 14.5.